The molecule has 3 aromatic rings. The molecular weight excluding hydrogens is 304 g/mol. The Balaban J connectivity index is 1.67. The molecule has 110 valence electrons. The Morgan fingerprint density at radius 3 is 3.00 bits per heavy atom. The summed E-state index contributed by atoms with van der Waals surface area (Å²) in [6.07, 6.45) is 1.35. The maximum atomic E-state index is 5.29. The van der Waals surface area contributed by atoms with Crippen molar-refractivity contribution in [2.75, 3.05) is 7.05 Å². The fourth-order valence-electron chi connectivity index (χ4n) is 1.88. The molecule has 0 radical (unpaired) electrons. The van der Waals surface area contributed by atoms with E-state index in [4.69, 9.17) is 4.52 Å². The standard InChI is InChI=1S/C14H16N4OS2/c1-9(15-2)6-12-17-13(19-18-12)7-10-8-21-14(16-10)11-4-3-5-20-11/h3-5,8-9,15H,6-7H2,1-2H3. The highest BCUT2D eigenvalue weighted by molar-refractivity contribution is 7.20. The van der Waals surface area contributed by atoms with Crippen LogP contribution in [0, 0.1) is 0 Å². The molecule has 0 bridgehead atoms. The van der Waals surface area contributed by atoms with Gasteiger partial charge in [-0.1, -0.05) is 11.2 Å². The molecule has 0 aliphatic rings. The summed E-state index contributed by atoms with van der Waals surface area (Å²) in [6.45, 7) is 2.09. The van der Waals surface area contributed by atoms with E-state index in [-0.39, 0.29) is 0 Å². The lowest BCUT2D eigenvalue weighted by molar-refractivity contribution is 0.376. The van der Waals surface area contributed by atoms with Crippen LogP contribution in [0.15, 0.2) is 27.4 Å². The van der Waals surface area contributed by atoms with Gasteiger partial charge in [0.05, 0.1) is 17.0 Å². The van der Waals surface area contributed by atoms with Crippen molar-refractivity contribution >= 4 is 22.7 Å². The van der Waals surface area contributed by atoms with Crippen LogP contribution in [0.2, 0.25) is 0 Å². The summed E-state index contributed by atoms with van der Waals surface area (Å²) < 4.78 is 5.29. The molecule has 0 spiro atoms. The van der Waals surface area contributed by atoms with Gasteiger partial charge in [0.2, 0.25) is 5.89 Å². The lowest BCUT2D eigenvalue weighted by Crippen LogP contribution is -2.24. The van der Waals surface area contributed by atoms with Crippen LogP contribution in [-0.2, 0) is 12.8 Å². The van der Waals surface area contributed by atoms with Crippen LogP contribution < -0.4 is 5.32 Å². The van der Waals surface area contributed by atoms with Crippen molar-refractivity contribution in [1.29, 1.82) is 0 Å². The van der Waals surface area contributed by atoms with Gasteiger partial charge in [-0.15, -0.1) is 22.7 Å². The third kappa shape index (κ3) is 3.55. The molecule has 0 aromatic carbocycles. The van der Waals surface area contributed by atoms with Crippen LogP contribution in [-0.4, -0.2) is 28.2 Å². The Morgan fingerprint density at radius 1 is 1.33 bits per heavy atom. The van der Waals surface area contributed by atoms with Gasteiger partial charge in [0.25, 0.3) is 0 Å². The van der Waals surface area contributed by atoms with Gasteiger partial charge < -0.3 is 9.84 Å². The van der Waals surface area contributed by atoms with E-state index in [9.17, 15) is 0 Å². The SMILES string of the molecule is CNC(C)Cc1noc(Cc2csc(-c3cccs3)n2)n1. The van der Waals surface area contributed by atoms with Gasteiger partial charge in [-0.2, -0.15) is 4.98 Å². The third-order valence-corrected chi connectivity index (χ3v) is 5.04. The maximum absolute atomic E-state index is 5.29. The highest BCUT2D eigenvalue weighted by atomic mass is 32.1. The minimum absolute atomic E-state index is 0.333. The summed E-state index contributed by atoms with van der Waals surface area (Å²) in [6, 6.07) is 4.45. The Labute approximate surface area is 131 Å². The zero-order valence-electron chi connectivity index (χ0n) is 11.9. The van der Waals surface area contributed by atoms with Crippen molar-refractivity contribution in [2.45, 2.75) is 25.8 Å². The van der Waals surface area contributed by atoms with Crippen LogP contribution in [0.3, 0.4) is 0 Å². The van der Waals surface area contributed by atoms with E-state index in [1.165, 1.54) is 4.88 Å². The summed E-state index contributed by atoms with van der Waals surface area (Å²) in [5.74, 6) is 1.36. The molecule has 1 unspecified atom stereocenters. The van der Waals surface area contributed by atoms with E-state index >= 15 is 0 Å². The summed E-state index contributed by atoms with van der Waals surface area (Å²) in [4.78, 5) is 10.2. The maximum Gasteiger partial charge on any atom is 0.232 e. The smallest absolute Gasteiger partial charge is 0.232 e. The fraction of sp³-hybridized carbons (Fsp3) is 0.357. The van der Waals surface area contributed by atoms with E-state index in [1.807, 2.05) is 13.1 Å². The van der Waals surface area contributed by atoms with Crippen molar-refractivity contribution in [1.82, 2.24) is 20.4 Å². The number of aromatic nitrogens is 3. The Hall–Kier alpha value is -1.57. The number of thiophene rings is 1. The van der Waals surface area contributed by atoms with Crippen molar-refractivity contribution in [3.8, 4) is 9.88 Å². The molecule has 7 heteroatoms. The second-order valence-corrected chi connectivity index (χ2v) is 6.60. The van der Waals surface area contributed by atoms with Crippen LogP contribution in [0.5, 0.6) is 0 Å². The molecule has 0 aliphatic heterocycles. The average molecular weight is 320 g/mol. The highest BCUT2D eigenvalue weighted by Gasteiger charge is 2.12. The molecule has 3 aromatic heterocycles. The Bertz CT molecular complexity index is 689. The van der Waals surface area contributed by atoms with Crippen molar-refractivity contribution in [3.63, 3.8) is 0 Å². The van der Waals surface area contributed by atoms with E-state index < -0.39 is 0 Å². The van der Waals surface area contributed by atoms with E-state index in [0.29, 0.717) is 18.4 Å². The Kier molecular flexibility index (Phi) is 4.42. The van der Waals surface area contributed by atoms with Gasteiger partial charge in [-0.05, 0) is 25.4 Å². The number of rotatable bonds is 6. The number of hydrogen-bond donors (Lipinski definition) is 1. The van der Waals surface area contributed by atoms with Gasteiger partial charge in [-0.3, -0.25) is 0 Å². The van der Waals surface area contributed by atoms with Crippen LogP contribution >= 0.6 is 22.7 Å². The first-order valence-electron chi connectivity index (χ1n) is 6.71. The predicted molar refractivity (Wildman–Crippen MR) is 84.8 cm³/mol. The van der Waals surface area contributed by atoms with Crippen molar-refractivity contribution in [2.24, 2.45) is 0 Å². The van der Waals surface area contributed by atoms with E-state index in [0.717, 1.165) is 22.9 Å². The molecule has 0 saturated heterocycles. The van der Waals surface area contributed by atoms with Crippen LogP contribution in [0.1, 0.15) is 24.3 Å². The summed E-state index contributed by atoms with van der Waals surface area (Å²) in [5, 5.41) is 12.3. The number of likely N-dealkylation sites (N-methyl/N-ethyl adjacent to an activating group) is 1. The minimum Gasteiger partial charge on any atom is -0.339 e. The molecule has 3 heterocycles. The number of thiazole rings is 1. The Morgan fingerprint density at radius 2 is 2.24 bits per heavy atom. The van der Waals surface area contributed by atoms with Gasteiger partial charge in [0.1, 0.15) is 5.01 Å². The van der Waals surface area contributed by atoms with Gasteiger partial charge >= 0.3 is 0 Å². The first kappa shape index (κ1) is 14.4. The van der Waals surface area contributed by atoms with Crippen molar-refractivity contribution < 1.29 is 4.52 Å². The molecule has 0 fully saturated rings. The molecule has 1 N–H and O–H groups in total. The molecule has 0 amide bonds. The van der Waals surface area contributed by atoms with Crippen molar-refractivity contribution in [3.05, 3.63) is 40.3 Å². The number of nitrogens with zero attached hydrogens (tertiary/aromatic N) is 3. The lowest BCUT2D eigenvalue weighted by Gasteiger charge is -2.04. The van der Waals surface area contributed by atoms with Gasteiger partial charge in [0, 0.05) is 17.8 Å². The normalized spacial score (nSPS) is 12.7. The first-order valence-corrected chi connectivity index (χ1v) is 8.47. The highest BCUT2D eigenvalue weighted by Crippen LogP contribution is 2.28. The molecule has 3 rings (SSSR count). The lowest BCUT2D eigenvalue weighted by atomic mass is 10.2. The zero-order valence-corrected chi connectivity index (χ0v) is 13.5. The summed E-state index contributed by atoms with van der Waals surface area (Å²) >= 11 is 3.35. The largest absolute Gasteiger partial charge is 0.339 e. The quantitative estimate of drug-likeness (QED) is 0.756. The molecule has 5 nitrogen and oxygen atoms in total. The zero-order chi connectivity index (χ0) is 14.7. The molecule has 0 saturated carbocycles. The number of nitrogens with one attached hydrogen (secondary N) is 1. The second kappa shape index (κ2) is 6.46. The topological polar surface area (TPSA) is 63.8 Å². The average Bonchev–Trinajstić information content (AvgIpc) is 3.19. The fourth-order valence-corrected chi connectivity index (χ4v) is 3.51. The first-order chi connectivity index (χ1) is 10.2. The van der Waals surface area contributed by atoms with Crippen LogP contribution in [0.25, 0.3) is 9.88 Å². The third-order valence-electron chi connectivity index (χ3n) is 3.11. The second-order valence-electron chi connectivity index (χ2n) is 4.80. The minimum atomic E-state index is 0.333. The molecule has 0 aliphatic carbocycles. The molecule has 1 atom stereocenters. The van der Waals surface area contributed by atoms with Gasteiger partial charge in [0.15, 0.2) is 5.82 Å². The monoisotopic (exact) mass is 320 g/mol. The molecular formula is C14H16N4OS2. The van der Waals surface area contributed by atoms with Gasteiger partial charge in [-0.25, -0.2) is 4.98 Å². The molecule has 21 heavy (non-hydrogen) atoms. The van der Waals surface area contributed by atoms with Crippen LogP contribution in [0.4, 0.5) is 0 Å². The summed E-state index contributed by atoms with van der Waals surface area (Å²) in [5.41, 5.74) is 0.972. The summed E-state index contributed by atoms with van der Waals surface area (Å²) in [7, 11) is 1.92. The number of hydrogen-bond acceptors (Lipinski definition) is 7. The van der Waals surface area contributed by atoms with E-state index in [2.05, 4.69) is 44.2 Å². The van der Waals surface area contributed by atoms with E-state index in [1.54, 1.807) is 22.7 Å². The predicted octanol–water partition coefficient (Wildman–Crippen LogP) is 3.00.